The topological polar surface area (TPSA) is 31.5 Å². The summed E-state index contributed by atoms with van der Waals surface area (Å²) < 4.78 is 0. The molecule has 0 aromatic heterocycles. The highest BCUT2D eigenvalue weighted by Crippen LogP contribution is 2.12. The molecule has 1 aliphatic rings. The maximum absolute atomic E-state index is 8.97. The second-order valence-electron chi connectivity index (χ2n) is 5.56. The lowest BCUT2D eigenvalue weighted by Gasteiger charge is -2.33. The van der Waals surface area contributed by atoms with Crippen LogP contribution in [0.5, 0.6) is 0 Å². The fourth-order valence-corrected chi connectivity index (χ4v) is 2.94. The van der Waals surface area contributed by atoms with Crippen molar-refractivity contribution in [3.05, 3.63) is 65.7 Å². The summed E-state index contributed by atoms with van der Waals surface area (Å²) in [5, 5.41) is 8.97. The smallest absolute Gasteiger partial charge is 0.103 e. The van der Waals surface area contributed by atoms with E-state index >= 15 is 0 Å². The molecular weight excluding hydrogens is 258 g/mol. The summed E-state index contributed by atoms with van der Waals surface area (Å²) in [4.78, 5) is 4.05. The highest BCUT2D eigenvalue weighted by molar-refractivity contribution is 5.46. The van der Waals surface area contributed by atoms with E-state index < -0.39 is 0 Å². The summed E-state index contributed by atoms with van der Waals surface area (Å²) in [5.41, 5.74) is 3.34. The van der Waals surface area contributed by atoms with E-state index in [1.807, 2.05) is 18.2 Å². The van der Waals surface area contributed by atoms with Gasteiger partial charge in [-0.1, -0.05) is 30.3 Å². The first kappa shape index (κ1) is 13.7. The van der Waals surface area contributed by atoms with Gasteiger partial charge in [0.1, 0.15) is 6.54 Å². The zero-order valence-corrected chi connectivity index (χ0v) is 12.1. The molecule has 0 amide bonds. The summed E-state index contributed by atoms with van der Waals surface area (Å²) in [6, 6.07) is 20.8. The number of nitrogens with one attached hydrogen (secondary N) is 1. The van der Waals surface area contributed by atoms with Crippen molar-refractivity contribution in [1.82, 2.24) is 0 Å². The Hall–Kier alpha value is -2.31. The van der Waals surface area contributed by atoms with Crippen LogP contribution in [0.1, 0.15) is 11.1 Å². The Morgan fingerprint density at radius 2 is 1.76 bits per heavy atom. The standard InChI is InChI=1S/C18H19N3/c19-14-16-5-4-6-17(13-16)15-20-9-11-21(12-10-20)18-7-2-1-3-8-18/h1-8,13H,9-12,15H2/p+1. The molecule has 106 valence electrons. The summed E-state index contributed by atoms with van der Waals surface area (Å²) in [5.74, 6) is 0. The monoisotopic (exact) mass is 278 g/mol. The van der Waals surface area contributed by atoms with Crippen LogP contribution in [-0.2, 0) is 6.54 Å². The number of piperazine rings is 1. The van der Waals surface area contributed by atoms with E-state index in [-0.39, 0.29) is 0 Å². The normalized spacial score (nSPS) is 15.7. The molecular formula is C18H20N3+. The number of anilines is 1. The Kier molecular flexibility index (Phi) is 4.18. The van der Waals surface area contributed by atoms with Gasteiger partial charge in [-0.15, -0.1) is 0 Å². The fourth-order valence-electron chi connectivity index (χ4n) is 2.94. The van der Waals surface area contributed by atoms with Crippen LogP contribution < -0.4 is 9.80 Å². The van der Waals surface area contributed by atoms with Gasteiger partial charge in [0.05, 0.1) is 37.8 Å². The van der Waals surface area contributed by atoms with E-state index in [1.165, 1.54) is 11.3 Å². The van der Waals surface area contributed by atoms with Crippen molar-refractivity contribution < 1.29 is 4.90 Å². The van der Waals surface area contributed by atoms with Crippen LogP contribution in [0.25, 0.3) is 0 Å². The number of benzene rings is 2. The van der Waals surface area contributed by atoms with Crippen molar-refractivity contribution in [3.63, 3.8) is 0 Å². The average Bonchev–Trinajstić information content (AvgIpc) is 2.56. The Bertz CT molecular complexity index is 622. The molecule has 2 aromatic carbocycles. The number of hydrogen-bond acceptors (Lipinski definition) is 2. The molecule has 0 spiro atoms. The Labute approximate surface area is 126 Å². The van der Waals surface area contributed by atoms with Crippen LogP contribution in [-0.4, -0.2) is 26.2 Å². The molecule has 21 heavy (non-hydrogen) atoms. The summed E-state index contributed by atoms with van der Waals surface area (Å²) in [6.07, 6.45) is 0. The second-order valence-corrected chi connectivity index (χ2v) is 5.56. The zero-order valence-electron chi connectivity index (χ0n) is 12.1. The molecule has 1 heterocycles. The quantitative estimate of drug-likeness (QED) is 0.922. The maximum Gasteiger partial charge on any atom is 0.103 e. The highest BCUT2D eigenvalue weighted by Gasteiger charge is 2.20. The average molecular weight is 278 g/mol. The van der Waals surface area contributed by atoms with Crippen LogP contribution in [0.4, 0.5) is 5.69 Å². The van der Waals surface area contributed by atoms with Gasteiger partial charge in [0.25, 0.3) is 0 Å². The van der Waals surface area contributed by atoms with Crippen LogP contribution in [0, 0.1) is 11.3 Å². The minimum absolute atomic E-state index is 0.759. The summed E-state index contributed by atoms with van der Waals surface area (Å²) in [6.45, 7) is 5.49. The van der Waals surface area contributed by atoms with Crippen molar-refractivity contribution >= 4 is 5.69 Å². The van der Waals surface area contributed by atoms with Gasteiger partial charge in [0.2, 0.25) is 0 Å². The van der Waals surface area contributed by atoms with Gasteiger partial charge in [-0.3, -0.25) is 0 Å². The molecule has 0 bridgehead atoms. The largest absolute Gasteiger partial charge is 0.360 e. The SMILES string of the molecule is N#Cc1cccc(C[NH+]2CCN(c3ccccc3)CC2)c1. The first-order valence-electron chi connectivity index (χ1n) is 7.48. The predicted molar refractivity (Wildman–Crippen MR) is 84.2 cm³/mol. The molecule has 2 aromatic rings. The second kappa shape index (κ2) is 6.43. The maximum atomic E-state index is 8.97. The number of para-hydroxylation sites is 1. The first-order chi connectivity index (χ1) is 10.3. The molecule has 0 atom stereocenters. The van der Waals surface area contributed by atoms with Gasteiger partial charge in [0.15, 0.2) is 0 Å². The molecule has 0 saturated carbocycles. The van der Waals surface area contributed by atoms with Crippen LogP contribution in [0.2, 0.25) is 0 Å². The Balaban J connectivity index is 1.57. The molecule has 0 radical (unpaired) electrons. The summed E-state index contributed by atoms with van der Waals surface area (Å²) in [7, 11) is 0. The number of nitriles is 1. The van der Waals surface area contributed by atoms with Crippen molar-refractivity contribution in [3.8, 4) is 6.07 Å². The lowest BCUT2D eigenvalue weighted by atomic mass is 10.1. The molecule has 3 nitrogen and oxygen atoms in total. The van der Waals surface area contributed by atoms with Gasteiger partial charge >= 0.3 is 0 Å². The van der Waals surface area contributed by atoms with Gasteiger partial charge < -0.3 is 9.80 Å². The Morgan fingerprint density at radius 1 is 1.00 bits per heavy atom. The lowest BCUT2D eigenvalue weighted by molar-refractivity contribution is -0.914. The number of hydrogen-bond donors (Lipinski definition) is 1. The molecule has 1 N–H and O–H groups in total. The van der Waals surface area contributed by atoms with Crippen LogP contribution >= 0.6 is 0 Å². The molecule has 1 aliphatic heterocycles. The van der Waals surface area contributed by atoms with Gasteiger partial charge in [0, 0.05) is 11.3 Å². The molecule has 0 unspecified atom stereocenters. The predicted octanol–water partition coefficient (Wildman–Crippen LogP) is 1.46. The minimum Gasteiger partial charge on any atom is -0.360 e. The summed E-state index contributed by atoms with van der Waals surface area (Å²) >= 11 is 0. The molecule has 0 aliphatic carbocycles. The first-order valence-corrected chi connectivity index (χ1v) is 7.48. The zero-order chi connectivity index (χ0) is 14.5. The third-order valence-electron chi connectivity index (χ3n) is 4.10. The fraction of sp³-hybridized carbons (Fsp3) is 0.278. The van der Waals surface area contributed by atoms with E-state index in [0.717, 1.165) is 38.3 Å². The van der Waals surface area contributed by atoms with E-state index in [1.54, 1.807) is 4.90 Å². The van der Waals surface area contributed by atoms with E-state index in [4.69, 9.17) is 5.26 Å². The van der Waals surface area contributed by atoms with E-state index in [0.29, 0.717) is 0 Å². The van der Waals surface area contributed by atoms with Gasteiger partial charge in [-0.05, 0) is 24.3 Å². The highest BCUT2D eigenvalue weighted by atomic mass is 15.3. The number of quaternary nitrogens is 1. The Morgan fingerprint density at radius 3 is 2.48 bits per heavy atom. The van der Waals surface area contributed by atoms with Crippen molar-refractivity contribution in [1.29, 1.82) is 5.26 Å². The molecule has 1 saturated heterocycles. The molecule has 3 heteroatoms. The lowest BCUT2D eigenvalue weighted by Crippen LogP contribution is -3.13. The van der Waals surface area contributed by atoms with Crippen LogP contribution in [0.3, 0.4) is 0 Å². The number of nitrogens with zero attached hydrogens (tertiary/aromatic N) is 2. The molecule has 3 rings (SSSR count). The van der Waals surface area contributed by atoms with Crippen molar-refractivity contribution in [2.24, 2.45) is 0 Å². The number of rotatable bonds is 3. The third-order valence-corrected chi connectivity index (χ3v) is 4.10. The molecule has 1 fully saturated rings. The van der Waals surface area contributed by atoms with Gasteiger partial charge in [-0.2, -0.15) is 5.26 Å². The third kappa shape index (κ3) is 3.42. The van der Waals surface area contributed by atoms with Crippen LogP contribution in [0.15, 0.2) is 54.6 Å². The minimum atomic E-state index is 0.759. The van der Waals surface area contributed by atoms with E-state index in [9.17, 15) is 0 Å². The van der Waals surface area contributed by atoms with E-state index in [2.05, 4.69) is 47.4 Å². The van der Waals surface area contributed by atoms with Crippen molar-refractivity contribution in [2.45, 2.75) is 6.54 Å². The van der Waals surface area contributed by atoms with Crippen molar-refractivity contribution in [2.75, 3.05) is 31.1 Å². The van der Waals surface area contributed by atoms with Gasteiger partial charge in [-0.25, -0.2) is 0 Å².